The molecule has 186 valence electrons. The average molecular weight is 522 g/mol. The van der Waals surface area contributed by atoms with E-state index in [1.54, 1.807) is 41.2 Å². The fourth-order valence-electron chi connectivity index (χ4n) is 3.64. The average Bonchev–Trinajstić information content (AvgIpc) is 3.25. The van der Waals surface area contributed by atoms with E-state index >= 15 is 0 Å². The van der Waals surface area contributed by atoms with Crippen molar-refractivity contribution in [2.75, 3.05) is 5.32 Å². The highest BCUT2D eigenvalue weighted by molar-refractivity contribution is 7.80. The molecule has 4 aromatic rings. The lowest BCUT2D eigenvalue weighted by atomic mass is 10.1. The largest absolute Gasteiger partial charge is 0.491 e. The monoisotopic (exact) mass is 521 g/mol. The van der Waals surface area contributed by atoms with Crippen LogP contribution in [-0.4, -0.2) is 32.1 Å². The summed E-state index contributed by atoms with van der Waals surface area (Å²) in [5, 5.41) is 15.3. The van der Waals surface area contributed by atoms with E-state index in [0.29, 0.717) is 33.1 Å². The van der Waals surface area contributed by atoms with Crippen molar-refractivity contribution in [3.8, 4) is 11.4 Å². The Morgan fingerprint density at radius 1 is 1.08 bits per heavy atom. The van der Waals surface area contributed by atoms with Gasteiger partial charge in [-0.1, -0.05) is 43.1 Å². The summed E-state index contributed by atoms with van der Waals surface area (Å²) in [7, 11) is 0. The van der Waals surface area contributed by atoms with E-state index in [9.17, 15) is 4.79 Å². The van der Waals surface area contributed by atoms with Crippen LogP contribution in [0.4, 0.5) is 5.69 Å². The number of aromatic nitrogens is 3. The molecule has 0 spiro atoms. The van der Waals surface area contributed by atoms with Crippen LogP contribution in [0.3, 0.4) is 0 Å². The molecule has 0 aliphatic rings. The molecule has 1 aromatic heterocycles. The number of halogens is 1. The molecule has 0 saturated carbocycles. The number of nitrogens with one attached hydrogen (secondary N) is 2. The third kappa shape index (κ3) is 6.38. The predicted molar refractivity (Wildman–Crippen MR) is 148 cm³/mol. The highest BCUT2D eigenvalue weighted by atomic mass is 35.5. The maximum atomic E-state index is 12.7. The molecule has 0 fully saturated rings. The first-order valence-electron chi connectivity index (χ1n) is 11.9. The number of carbonyl (C=O) groups excluding carboxylic acids is 1. The highest BCUT2D eigenvalue weighted by Gasteiger charge is 2.13. The first-order valence-corrected chi connectivity index (χ1v) is 12.7. The fraction of sp³-hybridized carbons (Fsp3) is 0.259. The summed E-state index contributed by atoms with van der Waals surface area (Å²) in [5.41, 5.74) is 4.41. The maximum Gasteiger partial charge on any atom is 0.257 e. The predicted octanol–water partition coefficient (Wildman–Crippen LogP) is 6.33. The van der Waals surface area contributed by atoms with Gasteiger partial charge in [0.1, 0.15) is 16.8 Å². The van der Waals surface area contributed by atoms with Gasteiger partial charge in [-0.15, -0.1) is 10.2 Å². The molecule has 0 bridgehead atoms. The van der Waals surface area contributed by atoms with E-state index in [0.717, 1.165) is 12.1 Å². The van der Waals surface area contributed by atoms with Crippen molar-refractivity contribution in [3.63, 3.8) is 0 Å². The van der Waals surface area contributed by atoms with Crippen LogP contribution in [0.5, 0.6) is 5.75 Å². The summed E-state index contributed by atoms with van der Waals surface area (Å²) in [5.74, 6) is 0.260. The minimum absolute atomic E-state index is 0.00577. The van der Waals surface area contributed by atoms with Gasteiger partial charge in [0.25, 0.3) is 5.91 Å². The lowest BCUT2D eigenvalue weighted by Crippen LogP contribution is -2.34. The number of amides is 1. The van der Waals surface area contributed by atoms with E-state index in [2.05, 4.69) is 39.9 Å². The van der Waals surface area contributed by atoms with Gasteiger partial charge in [0.2, 0.25) is 0 Å². The van der Waals surface area contributed by atoms with Crippen molar-refractivity contribution in [1.82, 2.24) is 20.3 Å². The fourth-order valence-corrected chi connectivity index (χ4v) is 4.05. The molecular formula is C27H28ClN5O2S. The molecule has 2 N–H and O–H groups in total. The summed E-state index contributed by atoms with van der Waals surface area (Å²) in [6.07, 6.45) is 3.40. The lowest BCUT2D eigenvalue weighted by Gasteiger charge is -2.12. The van der Waals surface area contributed by atoms with Gasteiger partial charge in [-0.05, 0) is 86.9 Å². The van der Waals surface area contributed by atoms with Crippen LogP contribution in [0, 0.1) is 0 Å². The third-order valence-corrected chi connectivity index (χ3v) is 5.92. The van der Waals surface area contributed by atoms with Gasteiger partial charge in [0, 0.05) is 5.56 Å². The molecule has 9 heteroatoms. The molecule has 1 heterocycles. The van der Waals surface area contributed by atoms with E-state index < -0.39 is 0 Å². The minimum atomic E-state index is -0.354. The number of hydrogen-bond donors (Lipinski definition) is 2. The molecule has 36 heavy (non-hydrogen) atoms. The summed E-state index contributed by atoms with van der Waals surface area (Å²) in [6, 6.07) is 18.6. The Kier molecular flexibility index (Phi) is 8.18. The van der Waals surface area contributed by atoms with Crippen LogP contribution in [0.1, 0.15) is 49.5 Å². The summed E-state index contributed by atoms with van der Waals surface area (Å²) in [6.45, 7) is 6.04. The van der Waals surface area contributed by atoms with Crippen LogP contribution in [0.2, 0.25) is 5.02 Å². The number of nitrogens with zero attached hydrogens (tertiary/aromatic N) is 3. The number of aryl methyl sites for hydroxylation is 1. The van der Waals surface area contributed by atoms with Crippen LogP contribution in [0.25, 0.3) is 16.7 Å². The molecule has 0 aliphatic carbocycles. The van der Waals surface area contributed by atoms with Crippen molar-refractivity contribution in [2.24, 2.45) is 0 Å². The van der Waals surface area contributed by atoms with E-state index in [1.807, 2.05) is 26.0 Å². The normalized spacial score (nSPS) is 11.0. The summed E-state index contributed by atoms with van der Waals surface area (Å²) < 4.78 is 5.66. The second kappa shape index (κ2) is 11.5. The molecule has 3 aromatic carbocycles. The molecule has 0 aliphatic heterocycles. The molecule has 0 saturated heterocycles. The zero-order valence-corrected chi connectivity index (χ0v) is 22.0. The summed E-state index contributed by atoms with van der Waals surface area (Å²) >= 11 is 11.8. The van der Waals surface area contributed by atoms with Crippen LogP contribution >= 0.6 is 23.8 Å². The van der Waals surface area contributed by atoms with Gasteiger partial charge in [0.05, 0.1) is 22.5 Å². The Bertz CT molecular complexity index is 1380. The summed E-state index contributed by atoms with van der Waals surface area (Å²) in [4.78, 5) is 14.3. The van der Waals surface area contributed by atoms with Crippen molar-refractivity contribution in [3.05, 3.63) is 76.8 Å². The number of rotatable bonds is 8. The molecule has 0 unspecified atom stereocenters. The topological polar surface area (TPSA) is 81.1 Å². The Balaban J connectivity index is 1.46. The van der Waals surface area contributed by atoms with Gasteiger partial charge >= 0.3 is 0 Å². The van der Waals surface area contributed by atoms with Gasteiger partial charge in [-0.25, -0.2) is 0 Å². The number of anilines is 1. The standard InChI is InChI=1S/C27H28ClN5O2S/c1-4-5-7-18-10-12-20(13-11-18)33-31-24-15-22(28)23(16-25(24)32-33)29-27(36)30-26(34)19-8-6-9-21(14-19)35-17(2)3/h6,8-17H,4-5,7H2,1-3H3,(H2,29,30,34,36). The number of ether oxygens (including phenoxy) is 1. The molecular weight excluding hydrogens is 494 g/mol. The van der Waals surface area contributed by atoms with Crippen LogP contribution in [-0.2, 0) is 6.42 Å². The van der Waals surface area contributed by atoms with Gasteiger partial charge in [-0.3, -0.25) is 10.1 Å². The van der Waals surface area contributed by atoms with Crippen molar-refractivity contribution >= 4 is 51.6 Å². The van der Waals surface area contributed by atoms with Gasteiger partial charge in [0.15, 0.2) is 5.11 Å². The van der Waals surface area contributed by atoms with Crippen LogP contribution < -0.4 is 15.4 Å². The number of fused-ring (bicyclic) bond motifs is 1. The Hall–Kier alpha value is -3.49. The Labute approximate surface area is 220 Å². The molecule has 0 atom stereocenters. The van der Waals surface area contributed by atoms with Crippen LogP contribution in [0.15, 0.2) is 60.7 Å². The Morgan fingerprint density at radius 2 is 1.81 bits per heavy atom. The molecule has 1 amide bonds. The number of hydrogen-bond acceptors (Lipinski definition) is 5. The Morgan fingerprint density at radius 3 is 2.50 bits per heavy atom. The van der Waals surface area contributed by atoms with E-state index in [-0.39, 0.29) is 17.1 Å². The SMILES string of the molecule is CCCCc1ccc(-n2nc3cc(Cl)c(NC(=S)NC(=O)c4cccc(OC(C)C)c4)cc3n2)cc1. The van der Waals surface area contributed by atoms with Crippen molar-refractivity contribution < 1.29 is 9.53 Å². The number of thiocarbonyl (C=S) groups is 1. The molecule has 0 radical (unpaired) electrons. The highest BCUT2D eigenvalue weighted by Crippen LogP contribution is 2.27. The second-order valence-electron chi connectivity index (χ2n) is 8.68. The minimum Gasteiger partial charge on any atom is -0.491 e. The smallest absolute Gasteiger partial charge is 0.257 e. The first-order chi connectivity index (χ1) is 17.3. The zero-order valence-electron chi connectivity index (χ0n) is 20.4. The molecule has 4 rings (SSSR count). The van der Waals surface area contributed by atoms with Crippen molar-refractivity contribution in [2.45, 2.75) is 46.1 Å². The molecule has 7 nitrogen and oxygen atoms in total. The number of carbonyl (C=O) groups is 1. The van der Waals surface area contributed by atoms with Gasteiger partial charge in [-0.2, -0.15) is 4.80 Å². The van der Waals surface area contributed by atoms with E-state index in [1.165, 1.54) is 18.4 Å². The van der Waals surface area contributed by atoms with Crippen molar-refractivity contribution in [1.29, 1.82) is 0 Å². The van der Waals surface area contributed by atoms with E-state index in [4.69, 9.17) is 28.6 Å². The maximum absolute atomic E-state index is 12.7. The number of benzene rings is 3. The second-order valence-corrected chi connectivity index (χ2v) is 9.50. The van der Waals surface area contributed by atoms with Gasteiger partial charge < -0.3 is 10.1 Å². The third-order valence-electron chi connectivity index (χ3n) is 5.40. The quantitative estimate of drug-likeness (QED) is 0.264. The number of unbranched alkanes of at least 4 members (excludes halogenated alkanes) is 1. The lowest BCUT2D eigenvalue weighted by molar-refractivity contribution is 0.0977. The first kappa shape index (κ1) is 25.6. The zero-order chi connectivity index (χ0) is 25.7.